The second kappa shape index (κ2) is 15.5. The fourth-order valence-electron chi connectivity index (χ4n) is 12.0. The highest BCUT2D eigenvalue weighted by atomic mass is 14.4. The van der Waals surface area contributed by atoms with E-state index in [2.05, 4.69) is 232 Å². The van der Waals surface area contributed by atoms with Gasteiger partial charge in [0.1, 0.15) is 0 Å². The van der Waals surface area contributed by atoms with Crippen molar-refractivity contribution < 1.29 is 0 Å². The summed E-state index contributed by atoms with van der Waals surface area (Å²) in [5.41, 5.74) is 22.4. The highest BCUT2D eigenvalue weighted by molar-refractivity contribution is 6.25. The first-order valence-corrected chi connectivity index (χ1v) is 26.1. The molecule has 8 aromatic rings. The molecule has 0 aromatic heterocycles. The standard InChI is InChI=1S/C68H76/c1-17-63(5,6)41-29-31-49-57(35-41)67(13,14)59-37-43(65(9,10)19-3)33-55(61(49)59)53-39-51-46-26-22-24-28-48(46)54(40-52(51)45-25-21-23-27-47(45)53)56-34-44(66(11,12)20-4)38-60-62(56)50-32-30-42(64(7,8)18-2)36-58(50)68(60,15)16/h21-40H,17-20H2,1-16H3. The summed E-state index contributed by atoms with van der Waals surface area (Å²) in [7, 11) is 0. The summed E-state index contributed by atoms with van der Waals surface area (Å²) in [4.78, 5) is 0. The van der Waals surface area contributed by atoms with Crippen molar-refractivity contribution in [1.29, 1.82) is 0 Å². The number of hydrogen-bond acceptors (Lipinski definition) is 0. The summed E-state index contributed by atoms with van der Waals surface area (Å²) < 4.78 is 0. The average molecular weight is 893 g/mol. The molecule has 0 atom stereocenters. The Morgan fingerprint density at radius 3 is 0.941 bits per heavy atom. The van der Waals surface area contributed by atoms with Gasteiger partial charge < -0.3 is 0 Å². The van der Waals surface area contributed by atoms with Gasteiger partial charge in [-0.3, -0.25) is 0 Å². The van der Waals surface area contributed by atoms with Crippen LogP contribution in [0.3, 0.4) is 0 Å². The summed E-state index contributed by atoms with van der Waals surface area (Å²) in [6.45, 7) is 38.5. The van der Waals surface area contributed by atoms with E-state index in [1.165, 1.54) is 121 Å². The van der Waals surface area contributed by atoms with E-state index in [-0.39, 0.29) is 32.5 Å². The Morgan fingerprint density at radius 1 is 0.294 bits per heavy atom. The second-order valence-corrected chi connectivity index (χ2v) is 24.6. The Morgan fingerprint density at radius 2 is 0.603 bits per heavy atom. The van der Waals surface area contributed by atoms with E-state index in [0.717, 1.165) is 25.7 Å². The van der Waals surface area contributed by atoms with Crippen LogP contribution in [0.2, 0.25) is 0 Å². The minimum absolute atomic E-state index is 0.0142. The van der Waals surface area contributed by atoms with Gasteiger partial charge >= 0.3 is 0 Å². The molecule has 2 aliphatic rings. The number of benzene rings is 8. The van der Waals surface area contributed by atoms with Crippen LogP contribution < -0.4 is 0 Å². The van der Waals surface area contributed by atoms with Gasteiger partial charge in [0.25, 0.3) is 0 Å². The molecular formula is C68H76. The molecular weight excluding hydrogens is 817 g/mol. The lowest BCUT2D eigenvalue weighted by molar-refractivity contribution is 0.502. The Hall–Kier alpha value is -5.46. The van der Waals surface area contributed by atoms with Crippen molar-refractivity contribution >= 4 is 32.3 Å². The summed E-state index contributed by atoms with van der Waals surface area (Å²) in [5.74, 6) is 0. The predicted octanol–water partition coefficient (Wildman–Crippen LogP) is 19.8. The van der Waals surface area contributed by atoms with E-state index >= 15 is 0 Å². The lowest BCUT2D eigenvalue weighted by atomic mass is 9.74. The topological polar surface area (TPSA) is 0 Å². The van der Waals surface area contributed by atoms with Crippen LogP contribution >= 0.6 is 0 Å². The molecule has 348 valence electrons. The molecule has 0 spiro atoms. The maximum Gasteiger partial charge on any atom is 0.0159 e. The Kier molecular flexibility index (Phi) is 10.6. The van der Waals surface area contributed by atoms with Crippen molar-refractivity contribution in [3.63, 3.8) is 0 Å². The van der Waals surface area contributed by atoms with E-state index in [1.807, 2.05) is 0 Å². The van der Waals surface area contributed by atoms with E-state index in [9.17, 15) is 0 Å². The van der Waals surface area contributed by atoms with Crippen molar-refractivity contribution in [2.45, 2.75) is 169 Å². The third-order valence-electron chi connectivity index (χ3n) is 18.7. The molecule has 8 aromatic carbocycles. The molecule has 10 rings (SSSR count). The van der Waals surface area contributed by atoms with Crippen molar-refractivity contribution in [1.82, 2.24) is 0 Å². The van der Waals surface area contributed by atoms with Gasteiger partial charge in [0, 0.05) is 10.8 Å². The van der Waals surface area contributed by atoms with Crippen LogP contribution in [0.5, 0.6) is 0 Å². The smallest absolute Gasteiger partial charge is 0.0159 e. The first-order chi connectivity index (χ1) is 32.0. The van der Waals surface area contributed by atoms with Crippen LogP contribution in [-0.4, -0.2) is 0 Å². The first-order valence-electron chi connectivity index (χ1n) is 26.1. The van der Waals surface area contributed by atoms with Crippen molar-refractivity contribution in [3.05, 3.63) is 166 Å². The molecule has 0 amide bonds. The van der Waals surface area contributed by atoms with Gasteiger partial charge in [-0.25, -0.2) is 0 Å². The maximum absolute atomic E-state index is 2.58. The van der Waals surface area contributed by atoms with Crippen molar-refractivity contribution in [3.8, 4) is 44.5 Å². The quantitative estimate of drug-likeness (QED) is 0.120. The highest BCUT2D eigenvalue weighted by Gasteiger charge is 2.42. The molecule has 0 heteroatoms. The summed E-state index contributed by atoms with van der Waals surface area (Å²) in [6, 6.07) is 49.0. The minimum Gasteiger partial charge on any atom is -0.0646 e. The predicted molar refractivity (Wildman–Crippen MR) is 298 cm³/mol. The highest BCUT2D eigenvalue weighted by Crippen LogP contribution is 2.58. The molecule has 2 aliphatic carbocycles. The summed E-state index contributed by atoms with van der Waals surface area (Å²) >= 11 is 0. The molecule has 0 fully saturated rings. The summed E-state index contributed by atoms with van der Waals surface area (Å²) in [5, 5.41) is 7.89. The minimum atomic E-state index is -0.143. The molecule has 0 bridgehead atoms. The molecule has 68 heavy (non-hydrogen) atoms. The molecule has 0 radical (unpaired) electrons. The van der Waals surface area contributed by atoms with Gasteiger partial charge in [-0.2, -0.15) is 0 Å². The van der Waals surface area contributed by atoms with Gasteiger partial charge in [0.05, 0.1) is 0 Å². The fraction of sp³-hybridized carbons (Fsp3) is 0.382. The Bertz CT molecular complexity index is 3150. The van der Waals surface area contributed by atoms with Crippen LogP contribution in [0.4, 0.5) is 0 Å². The van der Waals surface area contributed by atoms with Gasteiger partial charge in [0.2, 0.25) is 0 Å². The molecule has 0 saturated heterocycles. The van der Waals surface area contributed by atoms with E-state index < -0.39 is 0 Å². The van der Waals surface area contributed by atoms with Gasteiger partial charge in [-0.05, 0) is 193 Å². The zero-order valence-electron chi connectivity index (χ0n) is 44.4. The second-order valence-electron chi connectivity index (χ2n) is 24.6. The van der Waals surface area contributed by atoms with Crippen LogP contribution in [0, 0.1) is 0 Å². The van der Waals surface area contributed by atoms with Crippen molar-refractivity contribution in [2.24, 2.45) is 0 Å². The van der Waals surface area contributed by atoms with Gasteiger partial charge in [0.15, 0.2) is 0 Å². The lowest BCUT2D eigenvalue weighted by Crippen LogP contribution is -2.21. The SMILES string of the molecule is CCC(C)(C)c1ccc2c(c1)C(C)(C)c1cc(C(C)(C)CC)cc(-c3cc4c5ccccc5c(-c5cc(C(C)(C)CC)cc6c5-c5ccc(C(C)(C)CC)cc5C6(C)C)cc4c4ccccc34)c1-2. The zero-order chi connectivity index (χ0) is 48.7. The molecule has 0 aliphatic heterocycles. The Balaban J connectivity index is 1.30. The number of fused-ring (bicyclic) bond motifs is 11. The number of hydrogen-bond donors (Lipinski definition) is 0. The van der Waals surface area contributed by atoms with Crippen LogP contribution in [-0.2, 0) is 32.5 Å². The third kappa shape index (κ3) is 6.73. The van der Waals surface area contributed by atoms with Gasteiger partial charge in [-0.1, -0.05) is 208 Å². The average Bonchev–Trinajstić information content (AvgIpc) is 3.71. The lowest BCUT2D eigenvalue weighted by Gasteiger charge is -2.30. The molecule has 0 N–H and O–H groups in total. The zero-order valence-corrected chi connectivity index (χ0v) is 44.4. The van der Waals surface area contributed by atoms with E-state index in [1.54, 1.807) is 0 Å². The van der Waals surface area contributed by atoms with E-state index in [0.29, 0.717) is 0 Å². The largest absolute Gasteiger partial charge is 0.0646 e. The number of rotatable bonds is 10. The summed E-state index contributed by atoms with van der Waals surface area (Å²) in [6.07, 6.45) is 4.34. The monoisotopic (exact) mass is 893 g/mol. The molecule has 0 heterocycles. The van der Waals surface area contributed by atoms with E-state index in [4.69, 9.17) is 0 Å². The third-order valence-corrected chi connectivity index (χ3v) is 18.7. The fourth-order valence-corrected chi connectivity index (χ4v) is 12.0. The normalized spacial score (nSPS) is 15.2. The maximum atomic E-state index is 2.58. The van der Waals surface area contributed by atoms with Crippen LogP contribution in [0.15, 0.2) is 121 Å². The molecule has 0 saturated carbocycles. The van der Waals surface area contributed by atoms with Crippen LogP contribution in [0.25, 0.3) is 76.8 Å². The van der Waals surface area contributed by atoms with Crippen LogP contribution in [0.1, 0.15) is 181 Å². The van der Waals surface area contributed by atoms with Crippen molar-refractivity contribution in [2.75, 3.05) is 0 Å². The first kappa shape index (κ1) is 46.3. The Labute approximate surface area is 409 Å². The van der Waals surface area contributed by atoms with Gasteiger partial charge in [-0.15, -0.1) is 0 Å². The molecule has 0 unspecified atom stereocenters. The molecule has 0 nitrogen and oxygen atoms in total.